The number of fused-ring (bicyclic) bond motifs is 2. The lowest BCUT2D eigenvalue weighted by atomic mass is 9.91. The van der Waals surface area contributed by atoms with Gasteiger partial charge in [-0.05, 0) is 25.8 Å². The molecule has 2 aromatic heterocycles. The molecule has 110 valence electrons. The molecule has 21 heavy (non-hydrogen) atoms. The van der Waals surface area contributed by atoms with Gasteiger partial charge < -0.3 is 16.0 Å². The van der Waals surface area contributed by atoms with E-state index in [1.54, 1.807) is 11.3 Å². The number of nitrogens with zero attached hydrogens (tertiary/aromatic N) is 3. The Bertz CT molecular complexity index is 727. The Hall–Kier alpha value is -1.89. The Morgan fingerprint density at radius 2 is 2.33 bits per heavy atom. The molecule has 0 radical (unpaired) electrons. The van der Waals surface area contributed by atoms with Crippen LogP contribution in [0.2, 0.25) is 0 Å². The summed E-state index contributed by atoms with van der Waals surface area (Å²) in [5, 5.41) is 4.02. The van der Waals surface area contributed by atoms with Crippen molar-refractivity contribution in [1.29, 1.82) is 0 Å². The van der Waals surface area contributed by atoms with Crippen LogP contribution in [0.15, 0.2) is 6.07 Å². The summed E-state index contributed by atoms with van der Waals surface area (Å²) >= 11 is 1.63. The summed E-state index contributed by atoms with van der Waals surface area (Å²) in [7, 11) is 0. The maximum absolute atomic E-state index is 11.9. The van der Waals surface area contributed by atoms with Crippen LogP contribution in [0.3, 0.4) is 0 Å². The molecule has 2 aromatic rings. The van der Waals surface area contributed by atoms with Crippen molar-refractivity contribution in [2.45, 2.75) is 25.8 Å². The number of nitrogen functional groups attached to an aromatic ring is 1. The van der Waals surface area contributed by atoms with Crippen LogP contribution < -0.4 is 16.0 Å². The number of carbonyl (C=O) groups is 1. The molecule has 1 amide bonds. The van der Waals surface area contributed by atoms with Crippen LogP contribution in [-0.2, 0) is 4.79 Å². The molecule has 0 saturated carbocycles. The third kappa shape index (κ3) is 1.95. The van der Waals surface area contributed by atoms with Gasteiger partial charge in [-0.25, -0.2) is 4.98 Å². The van der Waals surface area contributed by atoms with Gasteiger partial charge in [-0.3, -0.25) is 4.79 Å². The number of hydrogen-bond donors (Lipinski definition) is 2. The van der Waals surface area contributed by atoms with Crippen LogP contribution in [-0.4, -0.2) is 35.0 Å². The molecule has 2 aliphatic rings. The maximum Gasteiger partial charge on any atom is 0.225 e. The van der Waals surface area contributed by atoms with Crippen molar-refractivity contribution < 1.29 is 4.79 Å². The van der Waals surface area contributed by atoms with Crippen molar-refractivity contribution >= 4 is 39.2 Å². The molecule has 2 fully saturated rings. The highest BCUT2D eigenvalue weighted by Gasteiger charge is 2.41. The van der Waals surface area contributed by atoms with E-state index in [-0.39, 0.29) is 17.9 Å². The lowest BCUT2D eigenvalue weighted by Gasteiger charge is -2.37. The summed E-state index contributed by atoms with van der Waals surface area (Å²) in [5.74, 6) is 1.43. The average molecular weight is 303 g/mol. The van der Waals surface area contributed by atoms with Crippen molar-refractivity contribution in [2.24, 2.45) is 5.92 Å². The first-order valence-corrected chi connectivity index (χ1v) is 8.03. The predicted molar refractivity (Wildman–Crippen MR) is 83.4 cm³/mol. The Kier molecular flexibility index (Phi) is 2.78. The second-order valence-electron chi connectivity index (χ2n) is 5.74. The van der Waals surface area contributed by atoms with Gasteiger partial charge in [-0.1, -0.05) is 0 Å². The zero-order valence-electron chi connectivity index (χ0n) is 11.8. The summed E-state index contributed by atoms with van der Waals surface area (Å²) < 4.78 is 0. The molecule has 0 aromatic carbocycles. The minimum absolute atomic E-state index is 0.0738. The summed E-state index contributed by atoms with van der Waals surface area (Å²) in [6.45, 7) is 3.67. The summed E-state index contributed by atoms with van der Waals surface area (Å²) in [6, 6.07) is 2.30. The molecule has 2 atom stereocenters. The van der Waals surface area contributed by atoms with Gasteiger partial charge >= 0.3 is 0 Å². The molecule has 4 heterocycles. The van der Waals surface area contributed by atoms with E-state index in [1.807, 2.05) is 0 Å². The molecule has 0 spiro atoms. The number of piperidine rings is 1. The van der Waals surface area contributed by atoms with Gasteiger partial charge in [0.2, 0.25) is 11.9 Å². The highest BCUT2D eigenvalue weighted by atomic mass is 32.1. The van der Waals surface area contributed by atoms with E-state index in [9.17, 15) is 4.79 Å². The molecule has 2 aliphatic heterocycles. The molecule has 0 bridgehead atoms. The minimum Gasteiger partial charge on any atom is -0.368 e. The first-order chi connectivity index (χ1) is 10.1. The fraction of sp³-hybridized carbons (Fsp3) is 0.500. The van der Waals surface area contributed by atoms with Crippen LogP contribution >= 0.6 is 11.3 Å². The normalized spacial score (nSPS) is 25.2. The second-order valence-corrected chi connectivity index (χ2v) is 6.97. The molecule has 3 N–H and O–H groups in total. The van der Waals surface area contributed by atoms with E-state index in [2.05, 4.69) is 33.2 Å². The van der Waals surface area contributed by atoms with Gasteiger partial charge in [0.05, 0.1) is 17.3 Å². The highest BCUT2D eigenvalue weighted by molar-refractivity contribution is 7.18. The van der Waals surface area contributed by atoms with Crippen molar-refractivity contribution in [3.8, 4) is 0 Å². The molecular formula is C14H17N5OS. The molecule has 6 nitrogen and oxygen atoms in total. The summed E-state index contributed by atoms with van der Waals surface area (Å²) in [6.07, 6.45) is 1.96. The first-order valence-electron chi connectivity index (χ1n) is 7.21. The Morgan fingerprint density at radius 3 is 3.19 bits per heavy atom. The highest BCUT2D eigenvalue weighted by Crippen LogP contribution is 2.36. The van der Waals surface area contributed by atoms with Gasteiger partial charge in [0, 0.05) is 18.0 Å². The predicted octanol–water partition coefficient (Wildman–Crippen LogP) is 1.30. The number of anilines is 2. The monoisotopic (exact) mass is 303 g/mol. The molecule has 7 heteroatoms. The molecule has 2 unspecified atom stereocenters. The molecular weight excluding hydrogens is 286 g/mol. The third-order valence-electron chi connectivity index (χ3n) is 4.39. The SMILES string of the molecule is Cc1cc2c(N3CCCC4C(=O)NCC43)nc(N)nc2s1. The number of aromatic nitrogens is 2. The van der Waals surface area contributed by atoms with Crippen LogP contribution in [0.25, 0.3) is 10.2 Å². The van der Waals surface area contributed by atoms with Gasteiger partial charge in [-0.2, -0.15) is 4.98 Å². The zero-order chi connectivity index (χ0) is 14.6. The van der Waals surface area contributed by atoms with Crippen LogP contribution in [0.1, 0.15) is 17.7 Å². The maximum atomic E-state index is 11.9. The Labute approximate surface area is 126 Å². The van der Waals surface area contributed by atoms with Gasteiger partial charge in [0.1, 0.15) is 10.6 Å². The number of rotatable bonds is 1. The van der Waals surface area contributed by atoms with Gasteiger partial charge in [-0.15, -0.1) is 11.3 Å². The quantitative estimate of drug-likeness (QED) is 0.829. The van der Waals surface area contributed by atoms with E-state index in [0.29, 0.717) is 12.5 Å². The number of amides is 1. The van der Waals surface area contributed by atoms with E-state index in [1.165, 1.54) is 4.88 Å². The minimum atomic E-state index is 0.0738. The number of hydrogen-bond acceptors (Lipinski definition) is 6. The lowest BCUT2D eigenvalue weighted by Crippen LogP contribution is -2.46. The van der Waals surface area contributed by atoms with E-state index < -0.39 is 0 Å². The second kappa shape index (κ2) is 4.56. The topological polar surface area (TPSA) is 84.1 Å². The van der Waals surface area contributed by atoms with Gasteiger partial charge in [0.15, 0.2) is 0 Å². The fourth-order valence-corrected chi connectivity index (χ4v) is 4.36. The molecule has 2 saturated heterocycles. The van der Waals surface area contributed by atoms with Gasteiger partial charge in [0.25, 0.3) is 0 Å². The number of nitrogens with two attached hydrogens (primary N) is 1. The number of aryl methyl sites for hydroxylation is 1. The van der Waals surface area contributed by atoms with E-state index in [4.69, 9.17) is 5.73 Å². The van der Waals surface area contributed by atoms with Crippen molar-refractivity contribution in [2.75, 3.05) is 23.7 Å². The van der Waals surface area contributed by atoms with Crippen LogP contribution in [0, 0.1) is 12.8 Å². The third-order valence-corrected chi connectivity index (χ3v) is 5.33. The number of nitrogens with one attached hydrogen (secondary N) is 1. The average Bonchev–Trinajstić information content (AvgIpc) is 3.00. The largest absolute Gasteiger partial charge is 0.368 e. The van der Waals surface area contributed by atoms with E-state index in [0.717, 1.165) is 35.4 Å². The first kappa shape index (κ1) is 12.8. The van der Waals surface area contributed by atoms with E-state index >= 15 is 0 Å². The Balaban J connectivity index is 1.83. The number of thiophene rings is 1. The molecule has 4 rings (SSSR count). The summed E-state index contributed by atoms with van der Waals surface area (Å²) in [4.78, 5) is 25.1. The zero-order valence-corrected chi connectivity index (χ0v) is 12.6. The lowest BCUT2D eigenvalue weighted by molar-refractivity contribution is -0.122. The Morgan fingerprint density at radius 1 is 1.48 bits per heavy atom. The van der Waals surface area contributed by atoms with Crippen LogP contribution in [0.4, 0.5) is 11.8 Å². The summed E-state index contributed by atoms with van der Waals surface area (Å²) in [5.41, 5.74) is 5.88. The standard InChI is InChI=1S/C14H17N5OS/c1-7-5-9-11(17-14(15)18-13(9)21-7)19-4-2-3-8-10(19)6-16-12(8)20/h5,8,10H,2-4,6H2,1H3,(H,16,20)(H2,15,17,18). The van der Waals surface area contributed by atoms with Crippen molar-refractivity contribution in [1.82, 2.24) is 15.3 Å². The fourth-order valence-electron chi connectivity index (χ4n) is 3.48. The van der Waals surface area contributed by atoms with Crippen LogP contribution in [0.5, 0.6) is 0 Å². The van der Waals surface area contributed by atoms with Crippen molar-refractivity contribution in [3.05, 3.63) is 10.9 Å². The van der Waals surface area contributed by atoms with Crippen molar-refractivity contribution in [3.63, 3.8) is 0 Å². The molecule has 0 aliphatic carbocycles. The smallest absolute Gasteiger partial charge is 0.225 e. The number of carbonyl (C=O) groups excluding carboxylic acids is 1.